The highest BCUT2D eigenvalue weighted by molar-refractivity contribution is 7.99. The summed E-state index contributed by atoms with van der Waals surface area (Å²) in [5, 5.41) is 7.57. The van der Waals surface area contributed by atoms with Crippen LogP contribution in [0.25, 0.3) is 11.3 Å². The first-order valence-corrected chi connectivity index (χ1v) is 10.8. The molecular weight excluding hydrogens is 404 g/mol. The van der Waals surface area contributed by atoms with Gasteiger partial charge in [-0.1, -0.05) is 29.1 Å². The summed E-state index contributed by atoms with van der Waals surface area (Å²) in [6, 6.07) is 9.05. The molecule has 1 N–H and O–H groups in total. The van der Waals surface area contributed by atoms with Gasteiger partial charge in [-0.25, -0.2) is 4.98 Å². The van der Waals surface area contributed by atoms with E-state index in [0.717, 1.165) is 17.7 Å². The van der Waals surface area contributed by atoms with Gasteiger partial charge in [-0.2, -0.15) is 0 Å². The molecule has 30 heavy (non-hydrogen) atoms. The van der Waals surface area contributed by atoms with Crippen molar-refractivity contribution in [3.05, 3.63) is 58.1 Å². The third-order valence-electron chi connectivity index (χ3n) is 5.25. The van der Waals surface area contributed by atoms with Gasteiger partial charge in [-0.05, 0) is 18.6 Å². The van der Waals surface area contributed by atoms with Crippen LogP contribution in [0.1, 0.15) is 30.6 Å². The minimum atomic E-state index is -0.187. The van der Waals surface area contributed by atoms with Gasteiger partial charge in [0.25, 0.3) is 5.56 Å². The van der Waals surface area contributed by atoms with Gasteiger partial charge in [0.15, 0.2) is 10.9 Å². The highest BCUT2D eigenvalue weighted by Gasteiger charge is 2.27. The Hall–Kier alpha value is -3.07. The zero-order chi connectivity index (χ0) is 20.7. The summed E-state index contributed by atoms with van der Waals surface area (Å²) in [5.74, 6) is 2.02. The Labute approximate surface area is 176 Å². The predicted octanol–water partition coefficient (Wildman–Crippen LogP) is 2.58. The Morgan fingerprint density at radius 1 is 1.33 bits per heavy atom. The number of fused-ring (bicyclic) bond motifs is 2. The lowest BCUT2D eigenvalue weighted by molar-refractivity contribution is -0.121. The van der Waals surface area contributed by atoms with Gasteiger partial charge in [0, 0.05) is 42.5 Å². The van der Waals surface area contributed by atoms with E-state index < -0.39 is 0 Å². The van der Waals surface area contributed by atoms with Crippen LogP contribution >= 0.6 is 11.8 Å². The smallest absolute Gasteiger partial charge is 0.254 e. The first kappa shape index (κ1) is 18.9. The highest BCUT2D eigenvalue weighted by atomic mass is 32.2. The average molecular weight is 424 g/mol. The summed E-state index contributed by atoms with van der Waals surface area (Å²) in [5.41, 5.74) is 2.59. The van der Waals surface area contributed by atoms with Crippen LogP contribution in [0.4, 0.5) is 0 Å². The van der Waals surface area contributed by atoms with E-state index in [2.05, 4.69) is 15.5 Å². The third-order valence-corrected chi connectivity index (χ3v) is 6.36. The fourth-order valence-electron chi connectivity index (χ4n) is 3.80. The molecule has 0 aliphatic carbocycles. The monoisotopic (exact) mass is 424 g/mol. The van der Waals surface area contributed by atoms with Crippen molar-refractivity contribution in [2.45, 2.75) is 43.6 Å². The molecule has 8 nitrogen and oxygen atoms in total. The van der Waals surface area contributed by atoms with Gasteiger partial charge < -0.3 is 14.6 Å². The highest BCUT2D eigenvalue weighted by Crippen LogP contribution is 2.34. The van der Waals surface area contributed by atoms with E-state index >= 15 is 0 Å². The number of hydrogen-bond donors (Lipinski definition) is 1. The minimum Gasteiger partial charge on any atom is -0.490 e. The van der Waals surface area contributed by atoms with Gasteiger partial charge in [-0.15, -0.1) is 0 Å². The lowest BCUT2D eigenvalue weighted by Crippen LogP contribution is -2.30. The number of carbonyl (C=O) groups is 1. The Kier molecular flexibility index (Phi) is 4.82. The molecule has 2 unspecified atom stereocenters. The molecule has 0 bridgehead atoms. The number of aromatic nitrogens is 3. The number of nitrogens with zero attached hydrogens (tertiary/aromatic N) is 3. The van der Waals surface area contributed by atoms with Crippen LogP contribution < -0.4 is 15.6 Å². The van der Waals surface area contributed by atoms with Crippen LogP contribution in [0.5, 0.6) is 5.75 Å². The van der Waals surface area contributed by atoms with Crippen LogP contribution in [0.15, 0.2) is 51.0 Å². The maximum Gasteiger partial charge on any atom is 0.254 e. The SMILES string of the molecule is CC1Cc2ccc(-c3cc(CNC(=O)CC4CSc5nccc(=O)n54)no3)cc2O1. The average Bonchev–Trinajstić information content (AvgIpc) is 3.44. The molecule has 0 spiro atoms. The van der Waals surface area contributed by atoms with Gasteiger partial charge in [0.2, 0.25) is 5.91 Å². The molecule has 5 rings (SSSR count). The second kappa shape index (κ2) is 7.64. The molecule has 0 radical (unpaired) electrons. The fourth-order valence-corrected chi connectivity index (χ4v) is 4.92. The number of nitrogens with one attached hydrogen (secondary N) is 1. The van der Waals surface area contributed by atoms with Crippen LogP contribution in [-0.4, -0.2) is 32.5 Å². The largest absolute Gasteiger partial charge is 0.490 e. The maximum absolute atomic E-state index is 12.4. The second-order valence-electron chi connectivity index (χ2n) is 7.52. The molecule has 3 aromatic rings. The first-order valence-electron chi connectivity index (χ1n) is 9.79. The van der Waals surface area contributed by atoms with Crippen LogP contribution in [0, 0.1) is 0 Å². The van der Waals surface area contributed by atoms with Crippen molar-refractivity contribution >= 4 is 17.7 Å². The summed E-state index contributed by atoms with van der Waals surface area (Å²) >= 11 is 1.49. The Bertz CT molecular complexity index is 1170. The van der Waals surface area contributed by atoms with E-state index in [9.17, 15) is 9.59 Å². The van der Waals surface area contributed by atoms with Crippen molar-refractivity contribution in [2.24, 2.45) is 0 Å². The van der Waals surface area contributed by atoms with E-state index in [4.69, 9.17) is 9.26 Å². The van der Waals surface area contributed by atoms with E-state index in [-0.39, 0.29) is 36.6 Å². The molecular formula is C21H20N4O4S. The molecule has 1 aromatic carbocycles. The zero-order valence-corrected chi connectivity index (χ0v) is 17.1. The number of thioether (sulfide) groups is 1. The number of carbonyl (C=O) groups excluding carboxylic acids is 1. The maximum atomic E-state index is 12.4. The van der Waals surface area contributed by atoms with E-state index in [0.29, 0.717) is 22.4 Å². The number of benzene rings is 1. The van der Waals surface area contributed by atoms with Crippen LogP contribution in [0.2, 0.25) is 0 Å². The molecule has 0 saturated heterocycles. The third kappa shape index (κ3) is 3.60. The molecule has 4 heterocycles. The molecule has 2 aromatic heterocycles. The fraction of sp³-hybridized carbons (Fsp3) is 0.333. The number of ether oxygens (including phenoxy) is 1. The number of rotatable bonds is 5. The van der Waals surface area contributed by atoms with Crippen molar-refractivity contribution in [3.8, 4) is 17.1 Å². The standard InChI is InChI=1S/C21H20N4O4S/c1-12-6-13-2-3-14(7-17(13)28-12)18-8-15(24-29-18)10-23-19(26)9-16-11-30-21-22-5-4-20(27)25(16)21/h2-5,7-8,12,16H,6,9-11H2,1H3,(H,23,26). The summed E-state index contributed by atoms with van der Waals surface area (Å²) in [6.07, 6.45) is 2.82. The van der Waals surface area contributed by atoms with Crippen molar-refractivity contribution in [2.75, 3.05) is 5.75 Å². The van der Waals surface area contributed by atoms with Crippen LogP contribution in [-0.2, 0) is 17.8 Å². The van der Waals surface area contributed by atoms with E-state index in [1.54, 1.807) is 4.57 Å². The molecule has 0 saturated carbocycles. The molecule has 2 aliphatic rings. The van der Waals surface area contributed by atoms with E-state index in [1.807, 2.05) is 31.2 Å². The molecule has 9 heteroatoms. The van der Waals surface area contributed by atoms with Gasteiger partial charge >= 0.3 is 0 Å². The van der Waals surface area contributed by atoms with Crippen molar-refractivity contribution in [1.29, 1.82) is 0 Å². The number of amides is 1. The Balaban J connectivity index is 1.21. The van der Waals surface area contributed by atoms with E-state index in [1.165, 1.54) is 29.6 Å². The van der Waals surface area contributed by atoms with Crippen molar-refractivity contribution < 1.29 is 14.1 Å². The molecule has 2 aliphatic heterocycles. The van der Waals surface area contributed by atoms with Crippen molar-refractivity contribution in [1.82, 2.24) is 20.0 Å². The van der Waals surface area contributed by atoms with Crippen molar-refractivity contribution in [3.63, 3.8) is 0 Å². The van der Waals surface area contributed by atoms with Gasteiger partial charge in [-0.3, -0.25) is 14.2 Å². The van der Waals surface area contributed by atoms with Gasteiger partial charge in [0.05, 0.1) is 12.6 Å². The summed E-state index contributed by atoms with van der Waals surface area (Å²) < 4.78 is 12.8. The summed E-state index contributed by atoms with van der Waals surface area (Å²) in [4.78, 5) is 28.6. The lowest BCUT2D eigenvalue weighted by atomic mass is 10.1. The molecule has 154 valence electrons. The quantitative estimate of drug-likeness (QED) is 0.629. The number of hydrogen-bond acceptors (Lipinski definition) is 7. The zero-order valence-electron chi connectivity index (χ0n) is 16.3. The van der Waals surface area contributed by atoms with Crippen LogP contribution in [0.3, 0.4) is 0 Å². The minimum absolute atomic E-state index is 0.128. The first-order chi connectivity index (χ1) is 14.6. The predicted molar refractivity (Wildman–Crippen MR) is 110 cm³/mol. The van der Waals surface area contributed by atoms with Gasteiger partial charge in [0.1, 0.15) is 17.5 Å². The Morgan fingerprint density at radius 3 is 3.13 bits per heavy atom. The Morgan fingerprint density at radius 2 is 2.23 bits per heavy atom. The second-order valence-corrected chi connectivity index (χ2v) is 8.51. The lowest BCUT2D eigenvalue weighted by Gasteiger charge is -2.12. The molecule has 2 atom stereocenters. The molecule has 0 fully saturated rings. The summed E-state index contributed by atoms with van der Waals surface area (Å²) in [6.45, 7) is 2.31. The topological polar surface area (TPSA) is 99.2 Å². The summed E-state index contributed by atoms with van der Waals surface area (Å²) in [7, 11) is 0. The normalized spacial score (nSPS) is 19.2. The molecule has 1 amide bonds.